The van der Waals surface area contributed by atoms with Crippen molar-refractivity contribution in [2.24, 2.45) is 5.92 Å². The summed E-state index contributed by atoms with van der Waals surface area (Å²) in [4.78, 5) is 26.6. The number of hydrogen-bond acceptors (Lipinski definition) is 4. The van der Waals surface area contributed by atoms with Crippen molar-refractivity contribution in [1.82, 2.24) is 15.5 Å². The van der Waals surface area contributed by atoms with Gasteiger partial charge in [0.15, 0.2) is 0 Å². The van der Waals surface area contributed by atoms with Crippen LogP contribution in [0.4, 0.5) is 0 Å². The standard InChI is InChI=1S/C20H29N3O3/c24-19(10-14-26-18-6-2-1-3-7-18)23-12-8-16(9-13-23)20(25)22-17-5-4-11-21-15-17/h1-3,6-7,16-17,21H,4-5,8-15H2,(H,22,25)/t17-/m0/s1. The summed E-state index contributed by atoms with van der Waals surface area (Å²) in [5.41, 5.74) is 0. The molecule has 0 aliphatic carbocycles. The van der Waals surface area contributed by atoms with E-state index in [9.17, 15) is 9.59 Å². The number of benzene rings is 1. The first kappa shape index (κ1) is 18.7. The highest BCUT2D eigenvalue weighted by Crippen LogP contribution is 2.19. The average molecular weight is 359 g/mol. The van der Waals surface area contributed by atoms with Gasteiger partial charge in [0.1, 0.15) is 5.75 Å². The van der Waals surface area contributed by atoms with Crippen molar-refractivity contribution < 1.29 is 14.3 Å². The molecule has 2 aliphatic rings. The Hall–Kier alpha value is -2.08. The number of carbonyl (C=O) groups is 2. The average Bonchev–Trinajstić information content (AvgIpc) is 2.69. The first-order valence-corrected chi connectivity index (χ1v) is 9.69. The maximum atomic E-state index is 12.4. The van der Waals surface area contributed by atoms with E-state index in [0.29, 0.717) is 26.1 Å². The number of carbonyl (C=O) groups excluding carboxylic acids is 2. The Morgan fingerprint density at radius 2 is 1.92 bits per heavy atom. The summed E-state index contributed by atoms with van der Waals surface area (Å²) in [5, 5.41) is 6.48. The fraction of sp³-hybridized carbons (Fsp3) is 0.600. The third-order valence-electron chi connectivity index (χ3n) is 5.19. The minimum absolute atomic E-state index is 0.0292. The lowest BCUT2D eigenvalue weighted by Gasteiger charge is -2.33. The number of piperidine rings is 2. The number of nitrogens with one attached hydrogen (secondary N) is 2. The molecule has 0 unspecified atom stereocenters. The van der Waals surface area contributed by atoms with Gasteiger partial charge in [-0.25, -0.2) is 0 Å². The lowest BCUT2D eigenvalue weighted by molar-refractivity contribution is -0.136. The third kappa shape index (κ3) is 5.46. The molecule has 1 atom stereocenters. The van der Waals surface area contributed by atoms with Gasteiger partial charge in [0, 0.05) is 31.6 Å². The largest absolute Gasteiger partial charge is 0.493 e. The summed E-state index contributed by atoms with van der Waals surface area (Å²) in [6.45, 7) is 3.61. The van der Waals surface area contributed by atoms with Crippen molar-refractivity contribution in [2.75, 3.05) is 32.8 Å². The lowest BCUT2D eigenvalue weighted by Crippen LogP contribution is -2.49. The molecule has 2 amide bonds. The van der Waals surface area contributed by atoms with Crippen LogP contribution in [0, 0.1) is 5.92 Å². The smallest absolute Gasteiger partial charge is 0.225 e. The molecule has 2 saturated heterocycles. The topological polar surface area (TPSA) is 70.7 Å². The molecule has 6 heteroatoms. The molecule has 2 N–H and O–H groups in total. The molecule has 1 aromatic rings. The number of rotatable bonds is 6. The number of nitrogens with zero attached hydrogens (tertiary/aromatic N) is 1. The minimum atomic E-state index is 0.0292. The Balaban J connectivity index is 1.34. The highest BCUT2D eigenvalue weighted by Gasteiger charge is 2.28. The van der Waals surface area contributed by atoms with E-state index in [1.54, 1.807) is 0 Å². The van der Waals surface area contributed by atoms with Gasteiger partial charge >= 0.3 is 0 Å². The number of amides is 2. The fourth-order valence-corrected chi connectivity index (χ4v) is 3.62. The molecule has 0 bridgehead atoms. The first-order valence-electron chi connectivity index (χ1n) is 9.69. The normalized spacial score (nSPS) is 21.2. The predicted octanol–water partition coefficient (Wildman–Crippen LogP) is 1.56. The Bertz CT molecular complexity index is 579. The second-order valence-corrected chi connectivity index (χ2v) is 7.12. The first-order chi connectivity index (χ1) is 12.7. The van der Waals surface area contributed by atoms with Crippen LogP contribution in [0.15, 0.2) is 30.3 Å². The molecule has 3 rings (SSSR count). The fourth-order valence-electron chi connectivity index (χ4n) is 3.62. The van der Waals surface area contributed by atoms with Crippen LogP contribution in [0.25, 0.3) is 0 Å². The maximum Gasteiger partial charge on any atom is 0.225 e. The lowest BCUT2D eigenvalue weighted by atomic mass is 9.95. The second kappa shape index (κ2) is 9.57. The molecule has 0 spiro atoms. The van der Waals surface area contributed by atoms with Crippen molar-refractivity contribution in [2.45, 2.75) is 38.1 Å². The van der Waals surface area contributed by atoms with Crippen molar-refractivity contribution >= 4 is 11.8 Å². The summed E-state index contributed by atoms with van der Waals surface area (Å²) in [6.07, 6.45) is 4.04. The number of ether oxygens (including phenoxy) is 1. The van der Waals surface area contributed by atoms with Gasteiger partial charge < -0.3 is 20.3 Å². The van der Waals surface area contributed by atoms with Crippen LogP contribution in [-0.2, 0) is 9.59 Å². The molecule has 0 aromatic heterocycles. The molecular weight excluding hydrogens is 330 g/mol. The van der Waals surface area contributed by atoms with Crippen LogP contribution in [-0.4, -0.2) is 55.5 Å². The van der Waals surface area contributed by atoms with Gasteiger partial charge in [-0.15, -0.1) is 0 Å². The zero-order valence-corrected chi connectivity index (χ0v) is 15.3. The van der Waals surface area contributed by atoms with Crippen molar-refractivity contribution in [3.63, 3.8) is 0 Å². The van der Waals surface area contributed by atoms with E-state index in [-0.39, 0.29) is 23.8 Å². The van der Waals surface area contributed by atoms with E-state index in [1.165, 1.54) is 0 Å². The van der Waals surface area contributed by atoms with Crippen LogP contribution >= 0.6 is 0 Å². The predicted molar refractivity (Wildman–Crippen MR) is 99.9 cm³/mol. The molecule has 142 valence electrons. The molecule has 0 saturated carbocycles. The van der Waals surface area contributed by atoms with E-state index in [4.69, 9.17) is 4.74 Å². The summed E-state index contributed by atoms with van der Waals surface area (Å²) in [5.74, 6) is 1.07. The van der Waals surface area contributed by atoms with Crippen LogP contribution in [0.3, 0.4) is 0 Å². The Labute approximate surface area is 155 Å². The van der Waals surface area contributed by atoms with E-state index < -0.39 is 0 Å². The zero-order valence-electron chi connectivity index (χ0n) is 15.3. The van der Waals surface area contributed by atoms with Gasteiger partial charge in [0.05, 0.1) is 13.0 Å². The monoisotopic (exact) mass is 359 g/mol. The van der Waals surface area contributed by atoms with Crippen LogP contribution < -0.4 is 15.4 Å². The van der Waals surface area contributed by atoms with Gasteiger partial charge in [0.25, 0.3) is 0 Å². The van der Waals surface area contributed by atoms with E-state index >= 15 is 0 Å². The Morgan fingerprint density at radius 1 is 1.15 bits per heavy atom. The minimum Gasteiger partial charge on any atom is -0.493 e. The van der Waals surface area contributed by atoms with Gasteiger partial charge in [-0.2, -0.15) is 0 Å². The number of likely N-dealkylation sites (tertiary alicyclic amines) is 1. The van der Waals surface area contributed by atoms with Crippen LogP contribution in [0.1, 0.15) is 32.1 Å². The van der Waals surface area contributed by atoms with Gasteiger partial charge in [0.2, 0.25) is 11.8 Å². The summed E-state index contributed by atoms with van der Waals surface area (Å²) < 4.78 is 5.59. The second-order valence-electron chi connectivity index (χ2n) is 7.12. The number of para-hydroxylation sites is 1. The molecule has 2 aliphatic heterocycles. The highest BCUT2D eigenvalue weighted by molar-refractivity contribution is 5.80. The maximum absolute atomic E-state index is 12.4. The summed E-state index contributed by atoms with van der Waals surface area (Å²) in [6, 6.07) is 9.79. The van der Waals surface area contributed by atoms with Gasteiger partial charge in [-0.1, -0.05) is 18.2 Å². The Kier molecular flexibility index (Phi) is 6.89. The SMILES string of the molecule is O=C(N[C@H]1CCCNC1)C1CCN(C(=O)CCOc2ccccc2)CC1. The summed E-state index contributed by atoms with van der Waals surface area (Å²) >= 11 is 0. The molecular formula is C20H29N3O3. The zero-order chi connectivity index (χ0) is 18.2. The molecule has 2 fully saturated rings. The highest BCUT2D eigenvalue weighted by atomic mass is 16.5. The third-order valence-corrected chi connectivity index (χ3v) is 5.19. The van der Waals surface area contributed by atoms with Gasteiger partial charge in [-0.3, -0.25) is 9.59 Å². The van der Waals surface area contributed by atoms with Crippen LogP contribution in [0.5, 0.6) is 5.75 Å². The van der Waals surface area contributed by atoms with Crippen molar-refractivity contribution in [1.29, 1.82) is 0 Å². The molecule has 2 heterocycles. The van der Waals surface area contributed by atoms with E-state index in [1.807, 2.05) is 35.2 Å². The quantitative estimate of drug-likeness (QED) is 0.809. The van der Waals surface area contributed by atoms with Crippen molar-refractivity contribution in [3.8, 4) is 5.75 Å². The molecule has 6 nitrogen and oxygen atoms in total. The number of hydrogen-bond donors (Lipinski definition) is 2. The molecule has 1 aromatic carbocycles. The van der Waals surface area contributed by atoms with Crippen LogP contribution in [0.2, 0.25) is 0 Å². The van der Waals surface area contributed by atoms with E-state index in [0.717, 1.165) is 44.5 Å². The molecule has 26 heavy (non-hydrogen) atoms. The summed E-state index contributed by atoms with van der Waals surface area (Å²) in [7, 11) is 0. The molecule has 0 radical (unpaired) electrons. The van der Waals surface area contributed by atoms with Gasteiger partial charge in [-0.05, 0) is 44.4 Å². The van der Waals surface area contributed by atoms with Crippen molar-refractivity contribution in [3.05, 3.63) is 30.3 Å². The van der Waals surface area contributed by atoms with E-state index in [2.05, 4.69) is 10.6 Å². The Morgan fingerprint density at radius 3 is 2.62 bits per heavy atom.